The Balaban J connectivity index is 1.72. The summed E-state index contributed by atoms with van der Waals surface area (Å²) in [6.45, 7) is 1.04. The third-order valence-corrected chi connectivity index (χ3v) is 4.37. The molecule has 0 aromatic carbocycles. The summed E-state index contributed by atoms with van der Waals surface area (Å²) in [4.78, 5) is 10.4. The number of carboxylic acid groups (broad SMARTS) is 1. The number of nitrogens with one attached hydrogen (secondary N) is 1. The van der Waals surface area contributed by atoms with Gasteiger partial charge in [-0.25, -0.2) is 0 Å². The van der Waals surface area contributed by atoms with Crippen LogP contribution in [0.25, 0.3) is 0 Å². The molecule has 108 valence electrons. The molecule has 0 saturated carbocycles. The first-order valence-electron chi connectivity index (χ1n) is 7.39. The third kappa shape index (κ3) is 3.80. The predicted octanol–water partition coefficient (Wildman–Crippen LogP) is 2.20. The molecule has 2 bridgehead atoms. The van der Waals surface area contributed by atoms with Crippen molar-refractivity contribution in [2.75, 3.05) is 13.6 Å². The molecule has 0 spiro atoms. The minimum absolute atomic E-state index is 0.268. The van der Waals surface area contributed by atoms with Crippen LogP contribution in [0.4, 0.5) is 0 Å². The van der Waals surface area contributed by atoms with Gasteiger partial charge in [-0.15, -0.1) is 0 Å². The fourth-order valence-corrected chi connectivity index (χ4v) is 3.46. The Morgan fingerprint density at radius 3 is 2.74 bits per heavy atom. The summed E-state index contributed by atoms with van der Waals surface area (Å²) < 4.78 is 6.01. The number of fused-ring (bicyclic) bond motifs is 2. The molecule has 4 unspecified atom stereocenters. The summed E-state index contributed by atoms with van der Waals surface area (Å²) in [7, 11) is 2.00. The third-order valence-electron chi connectivity index (χ3n) is 4.37. The van der Waals surface area contributed by atoms with Gasteiger partial charge in [0.15, 0.2) is 0 Å². The minimum atomic E-state index is -0.705. The fraction of sp³-hybridized carbons (Fsp3) is 0.800. The average Bonchev–Trinajstić information content (AvgIpc) is 2.95. The Labute approximate surface area is 115 Å². The molecule has 0 amide bonds. The molecule has 2 rings (SSSR count). The van der Waals surface area contributed by atoms with Gasteiger partial charge < -0.3 is 15.2 Å². The van der Waals surface area contributed by atoms with Crippen LogP contribution in [0.15, 0.2) is 12.2 Å². The molecule has 2 aliphatic heterocycles. The summed E-state index contributed by atoms with van der Waals surface area (Å²) in [5.41, 5.74) is 0. The maximum Gasteiger partial charge on any atom is 0.303 e. The van der Waals surface area contributed by atoms with Crippen LogP contribution in [0.3, 0.4) is 0 Å². The molecule has 2 fully saturated rings. The Kier molecular flexibility index (Phi) is 5.40. The van der Waals surface area contributed by atoms with Gasteiger partial charge in [0.25, 0.3) is 0 Å². The van der Waals surface area contributed by atoms with Gasteiger partial charge in [-0.1, -0.05) is 12.2 Å². The maximum absolute atomic E-state index is 10.4. The number of rotatable bonds is 8. The first-order valence-corrected chi connectivity index (χ1v) is 7.39. The second-order valence-corrected chi connectivity index (χ2v) is 5.67. The maximum atomic E-state index is 10.4. The van der Waals surface area contributed by atoms with Crippen molar-refractivity contribution in [2.24, 2.45) is 11.8 Å². The summed E-state index contributed by atoms with van der Waals surface area (Å²) in [5.74, 6) is 0.582. The van der Waals surface area contributed by atoms with E-state index in [4.69, 9.17) is 9.84 Å². The van der Waals surface area contributed by atoms with Crippen molar-refractivity contribution in [3.63, 3.8) is 0 Å². The zero-order valence-electron chi connectivity index (χ0n) is 11.7. The highest BCUT2D eigenvalue weighted by molar-refractivity contribution is 5.66. The lowest BCUT2D eigenvalue weighted by Gasteiger charge is -2.26. The largest absolute Gasteiger partial charge is 0.481 e. The molecule has 4 atom stereocenters. The van der Waals surface area contributed by atoms with Crippen molar-refractivity contribution in [2.45, 2.75) is 50.7 Å². The number of unbranched alkanes of at least 4 members (excludes halogenated alkanes) is 1. The number of allylic oxidation sites excluding steroid dienone is 2. The van der Waals surface area contributed by atoms with Crippen LogP contribution in [0.5, 0.6) is 0 Å². The van der Waals surface area contributed by atoms with E-state index in [1.165, 1.54) is 12.8 Å². The molecule has 0 aliphatic carbocycles. The van der Waals surface area contributed by atoms with Crippen molar-refractivity contribution in [1.82, 2.24) is 5.32 Å². The summed E-state index contributed by atoms with van der Waals surface area (Å²) in [6.07, 6.45) is 10.6. The van der Waals surface area contributed by atoms with E-state index in [1.54, 1.807) is 0 Å². The molecule has 0 aromatic heterocycles. The van der Waals surface area contributed by atoms with Gasteiger partial charge in [-0.05, 0) is 45.1 Å². The number of carbonyl (C=O) groups is 1. The highest BCUT2D eigenvalue weighted by Crippen LogP contribution is 2.44. The summed E-state index contributed by atoms with van der Waals surface area (Å²) in [6, 6.07) is 0. The van der Waals surface area contributed by atoms with Crippen LogP contribution >= 0.6 is 0 Å². The van der Waals surface area contributed by atoms with E-state index in [1.807, 2.05) is 7.05 Å². The van der Waals surface area contributed by atoms with Crippen LogP contribution in [0.1, 0.15) is 38.5 Å². The smallest absolute Gasteiger partial charge is 0.303 e. The van der Waals surface area contributed by atoms with Gasteiger partial charge in [0.2, 0.25) is 0 Å². The first kappa shape index (κ1) is 14.5. The van der Waals surface area contributed by atoms with Crippen LogP contribution in [-0.2, 0) is 9.53 Å². The highest BCUT2D eigenvalue weighted by Gasteiger charge is 2.47. The van der Waals surface area contributed by atoms with Crippen LogP contribution in [0.2, 0.25) is 0 Å². The second kappa shape index (κ2) is 7.06. The molecule has 4 heteroatoms. The minimum Gasteiger partial charge on any atom is -0.481 e. The number of hydrogen-bond acceptors (Lipinski definition) is 3. The first-order chi connectivity index (χ1) is 9.22. The van der Waals surface area contributed by atoms with E-state index in [-0.39, 0.29) is 6.42 Å². The van der Waals surface area contributed by atoms with Gasteiger partial charge in [-0.3, -0.25) is 4.79 Å². The van der Waals surface area contributed by atoms with E-state index in [0.717, 1.165) is 25.8 Å². The van der Waals surface area contributed by atoms with E-state index >= 15 is 0 Å². The predicted molar refractivity (Wildman–Crippen MR) is 74.0 cm³/mol. The van der Waals surface area contributed by atoms with Gasteiger partial charge in [0, 0.05) is 18.9 Å². The van der Waals surface area contributed by atoms with Crippen molar-refractivity contribution >= 4 is 5.97 Å². The summed E-state index contributed by atoms with van der Waals surface area (Å²) >= 11 is 0. The Hall–Kier alpha value is -0.870. The van der Waals surface area contributed by atoms with Gasteiger partial charge in [0.05, 0.1) is 12.2 Å². The van der Waals surface area contributed by atoms with Gasteiger partial charge >= 0.3 is 5.97 Å². The Morgan fingerprint density at radius 1 is 1.32 bits per heavy atom. The monoisotopic (exact) mass is 267 g/mol. The zero-order chi connectivity index (χ0) is 13.7. The van der Waals surface area contributed by atoms with Gasteiger partial charge in [-0.2, -0.15) is 0 Å². The molecule has 2 saturated heterocycles. The van der Waals surface area contributed by atoms with Gasteiger partial charge in [0.1, 0.15) is 0 Å². The lowest BCUT2D eigenvalue weighted by atomic mass is 9.77. The standard InChI is InChI=1S/C15H25NO3/c1-16-10-12-11(13-8-9-14(12)19-13)6-4-2-3-5-7-15(17)18/h2,4,11-14,16H,3,5-10H2,1H3,(H,17,18). The molecule has 4 nitrogen and oxygen atoms in total. The lowest BCUT2D eigenvalue weighted by molar-refractivity contribution is -0.137. The van der Waals surface area contributed by atoms with Crippen LogP contribution in [0, 0.1) is 11.8 Å². The topological polar surface area (TPSA) is 58.6 Å². The highest BCUT2D eigenvalue weighted by atomic mass is 16.5. The van der Waals surface area contributed by atoms with E-state index in [0.29, 0.717) is 24.0 Å². The number of ether oxygens (including phenoxy) is 1. The molecule has 0 aromatic rings. The lowest BCUT2D eigenvalue weighted by Crippen LogP contribution is -2.34. The molecular formula is C15H25NO3. The zero-order valence-corrected chi connectivity index (χ0v) is 11.7. The molecule has 2 N–H and O–H groups in total. The number of aliphatic carboxylic acids is 1. The fourth-order valence-electron chi connectivity index (χ4n) is 3.46. The quantitative estimate of drug-likeness (QED) is 0.523. The Bertz CT molecular complexity index is 329. The molecule has 0 radical (unpaired) electrons. The SMILES string of the molecule is CNCC1C2CCC(O2)C1CC=CCCCC(=O)O. The second-order valence-electron chi connectivity index (χ2n) is 5.67. The van der Waals surface area contributed by atoms with Crippen molar-refractivity contribution in [1.29, 1.82) is 0 Å². The van der Waals surface area contributed by atoms with E-state index in [9.17, 15) is 4.79 Å². The molecule has 2 heterocycles. The van der Waals surface area contributed by atoms with Crippen molar-refractivity contribution < 1.29 is 14.6 Å². The van der Waals surface area contributed by atoms with Crippen LogP contribution in [-0.4, -0.2) is 36.9 Å². The van der Waals surface area contributed by atoms with E-state index in [2.05, 4.69) is 17.5 Å². The molecule has 19 heavy (non-hydrogen) atoms. The molecular weight excluding hydrogens is 242 g/mol. The summed E-state index contributed by atoms with van der Waals surface area (Å²) in [5, 5.41) is 11.8. The van der Waals surface area contributed by atoms with Crippen molar-refractivity contribution in [3.05, 3.63) is 12.2 Å². The number of hydrogen-bond donors (Lipinski definition) is 2. The molecule has 2 aliphatic rings. The van der Waals surface area contributed by atoms with E-state index < -0.39 is 5.97 Å². The Morgan fingerprint density at radius 2 is 2.05 bits per heavy atom. The van der Waals surface area contributed by atoms with Crippen LogP contribution < -0.4 is 5.32 Å². The average molecular weight is 267 g/mol. The number of carboxylic acids is 1. The normalized spacial score (nSPS) is 33.3. The van der Waals surface area contributed by atoms with Crippen molar-refractivity contribution in [3.8, 4) is 0 Å².